The zero-order valence-electron chi connectivity index (χ0n) is 6.45. The van der Waals surface area contributed by atoms with Crippen LogP contribution in [0.5, 0.6) is 0 Å². The molecular weight excluding hydrogens is 170 g/mol. The van der Waals surface area contributed by atoms with Gasteiger partial charge in [-0.15, -0.1) is 0 Å². The van der Waals surface area contributed by atoms with E-state index in [1.54, 1.807) is 18.1 Å². The van der Waals surface area contributed by atoms with Gasteiger partial charge in [0.25, 0.3) is 0 Å². The van der Waals surface area contributed by atoms with E-state index in [-0.39, 0.29) is 0 Å². The van der Waals surface area contributed by atoms with E-state index in [9.17, 15) is 0 Å². The summed E-state index contributed by atoms with van der Waals surface area (Å²) < 4.78 is 0. The van der Waals surface area contributed by atoms with Crippen molar-refractivity contribution in [2.75, 3.05) is 5.88 Å². The zero-order chi connectivity index (χ0) is 7.97. The lowest BCUT2D eigenvalue weighted by Crippen LogP contribution is -2.13. The highest BCUT2D eigenvalue weighted by atomic mass is 32.2. The second-order valence-electron chi connectivity index (χ2n) is 2.88. The van der Waals surface area contributed by atoms with Crippen molar-refractivity contribution in [3.05, 3.63) is 10.6 Å². The molecule has 0 radical (unpaired) electrons. The van der Waals surface area contributed by atoms with Crippen LogP contribution in [0.1, 0.15) is 12.8 Å². The molecule has 0 saturated heterocycles. The third kappa shape index (κ3) is 0.756. The van der Waals surface area contributed by atoms with Gasteiger partial charge < -0.3 is 0 Å². The molecule has 0 saturated carbocycles. The topological polar surface area (TPSA) is 37.1 Å². The van der Waals surface area contributed by atoms with Crippen molar-refractivity contribution in [1.82, 2.24) is 0 Å². The fraction of sp³-hybridized carbons (Fsp3) is 0.375. The Balaban J connectivity index is 2.21. The Morgan fingerprint density at radius 3 is 3.17 bits per heavy atom. The second-order valence-corrected chi connectivity index (χ2v) is 3.83. The highest BCUT2D eigenvalue weighted by Gasteiger charge is 2.28. The molecule has 0 unspecified atom stereocenters. The molecule has 0 amide bonds. The minimum Gasteiger partial charge on any atom is -0.277 e. The monoisotopic (exact) mass is 177 g/mol. The molecular formula is C8H7N3S. The Hall–Kier alpha value is -0.900. The smallest absolute Gasteiger partial charge is 0.116 e. The van der Waals surface area contributed by atoms with E-state index in [4.69, 9.17) is 0 Å². The van der Waals surface area contributed by atoms with Crippen LogP contribution < -0.4 is 0 Å². The molecule has 12 heavy (non-hydrogen) atoms. The molecule has 0 atom stereocenters. The first kappa shape index (κ1) is 6.60. The van der Waals surface area contributed by atoms with Crippen molar-refractivity contribution in [1.29, 1.82) is 0 Å². The van der Waals surface area contributed by atoms with E-state index in [1.165, 1.54) is 10.6 Å². The van der Waals surface area contributed by atoms with Gasteiger partial charge in [-0.3, -0.25) is 4.99 Å². The van der Waals surface area contributed by atoms with Crippen molar-refractivity contribution in [2.45, 2.75) is 12.8 Å². The summed E-state index contributed by atoms with van der Waals surface area (Å²) in [6.07, 6.45) is 3.71. The molecule has 4 heteroatoms. The van der Waals surface area contributed by atoms with Gasteiger partial charge in [-0.2, -0.15) is 0 Å². The number of aliphatic imine (C=N–C) groups is 3. The van der Waals surface area contributed by atoms with Crippen LogP contribution in [0.2, 0.25) is 0 Å². The average Bonchev–Trinajstić information content (AvgIpc) is 2.71. The highest BCUT2D eigenvalue weighted by Crippen LogP contribution is 2.36. The Morgan fingerprint density at radius 2 is 2.17 bits per heavy atom. The van der Waals surface area contributed by atoms with Crippen molar-refractivity contribution in [3.8, 4) is 0 Å². The summed E-state index contributed by atoms with van der Waals surface area (Å²) in [4.78, 5) is 14.1. The molecule has 3 nitrogen and oxygen atoms in total. The third-order valence-corrected chi connectivity index (χ3v) is 3.19. The highest BCUT2D eigenvalue weighted by molar-refractivity contribution is 8.04. The first-order chi connectivity index (χ1) is 5.95. The molecule has 0 bridgehead atoms. The molecule has 0 aromatic heterocycles. The molecule has 0 N–H and O–H groups in total. The largest absolute Gasteiger partial charge is 0.277 e. The Kier molecular flexibility index (Phi) is 1.26. The van der Waals surface area contributed by atoms with Gasteiger partial charge in [0.15, 0.2) is 0 Å². The van der Waals surface area contributed by atoms with Crippen molar-refractivity contribution < 1.29 is 0 Å². The van der Waals surface area contributed by atoms with Crippen LogP contribution in [0.4, 0.5) is 0 Å². The number of fused-ring (bicyclic) bond motifs is 2. The van der Waals surface area contributed by atoms with Gasteiger partial charge in [-0.1, -0.05) is 11.8 Å². The van der Waals surface area contributed by atoms with Crippen LogP contribution in [-0.2, 0) is 0 Å². The number of hydrogen-bond donors (Lipinski definition) is 0. The molecule has 2 heterocycles. The van der Waals surface area contributed by atoms with Gasteiger partial charge in [0.05, 0.1) is 22.2 Å². The summed E-state index contributed by atoms with van der Waals surface area (Å²) in [5.41, 5.74) is 3.48. The second kappa shape index (κ2) is 2.29. The maximum atomic E-state index is 4.41. The first-order valence-electron chi connectivity index (χ1n) is 3.95. The quantitative estimate of drug-likeness (QED) is 0.554. The third-order valence-electron chi connectivity index (χ3n) is 2.21. The van der Waals surface area contributed by atoms with Gasteiger partial charge in [-0.25, -0.2) is 9.98 Å². The molecule has 3 aliphatic rings. The van der Waals surface area contributed by atoms with Crippen molar-refractivity contribution in [2.24, 2.45) is 15.0 Å². The van der Waals surface area contributed by atoms with E-state index in [0.29, 0.717) is 0 Å². The maximum absolute atomic E-state index is 4.41. The summed E-state index contributed by atoms with van der Waals surface area (Å²) in [7, 11) is 0. The Labute approximate surface area is 74.4 Å². The molecule has 2 aliphatic heterocycles. The standard InChI is InChI=1S/C8H7N3S/c1-2-6-8(12-4-11-6)7-5(1)9-3-10-7/h3H,1-2,4H2. The molecule has 0 aromatic carbocycles. The lowest BCUT2D eigenvalue weighted by molar-refractivity contribution is 1.11. The zero-order valence-corrected chi connectivity index (χ0v) is 7.27. The van der Waals surface area contributed by atoms with Gasteiger partial charge in [0.1, 0.15) is 12.0 Å². The molecule has 0 spiro atoms. The first-order valence-corrected chi connectivity index (χ1v) is 4.94. The predicted molar refractivity (Wildman–Crippen MR) is 52.1 cm³/mol. The molecule has 3 rings (SSSR count). The van der Waals surface area contributed by atoms with Crippen LogP contribution in [-0.4, -0.2) is 23.6 Å². The van der Waals surface area contributed by atoms with E-state index in [1.807, 2.05) is 0 Å². The van der Waals surface area contributed by atoms with E-state index < -0.39 is 0 Å². The number of allylic oxidation sites excluding steroid dienone is 2. The number of nitrogens with zero attached hydrogens (tertiary/aromatic N) is 3. The predicted octanol–water partition coefficient (Wildman–Crippen LogP) is 1.62. The minimum atomic E-state index is 0.872. The van der Waals surface area contributed by atoms with Gasteiger partial charge >= 0.3 is 0 Å². The van der Waals surface area contributed by atoms with Crippen molar-refractivity contribution >= 4 is 29.5 Å². The molecule has 0 aromatic rings. The van der Waals surface area contributed by atoms with Crippen LogP contribution in [0.3, 0.4) is 0 Å². The van der Waals surface area contributed by atoms with Crippen LogP contribution in [0.15, 0.2) is 25.6 Å². The Bertz CT molecular complexity index is 362. The number of rotatable bonds is 0. The van der Waals surface area contributed by atoms with E-state index in [2.05, 4.69) is 15.0 Å². The maximum Gasteiger partial charge on any atom is 0.116 e. The normalized spacial score (nSPS) is 25.3. The lowest BCUT2D eigenvalue weighted by atomic mass is 10.0. The minimum absolute atomic E-state index is 0.872. The average molecular weight is 177 g/mol. The van der Waals surface area contributed by atoms with Gasteiger partial charge in [0, 0.05) is 0 Å². The fourth-order valence-electron chi connectivity index (χ4n) is 1.63. The van der Waals surface area contributed by atoms with Gasteiger partial charge in [0.2, 0.25) is 0 Å². The fourth-order valence-corrected chi connectivity index (χ4v) is 2.62. The van der Waals surface area contributed by atoms with Gasteiger partial charge in [-0.05, 0) is 12.8 Å². The molecule has 60 valence electrons. The Morgan fingerprint density at radius 1 is 1.25 bits per heavy atom. The summed E-state index contributed by atoms with van der Waals surface area (Å²) >= 11 is 1.78. The van der Waals surface area contributed by atoms with Crippen molar-refractivity contribution in [3.63, 3.8) is 0 Å². The summed E-state index contributed by atoms with van der Waals surface area (Å²) in [6, 6.07) is 0. The molecule has 1 aliphatic carbocycles. The van der Waals surface area contributed by atoms with Crippen LogP contribution in [0.25, 0.3) is 0 Å². The number of thioether (sulfide) groups is 1. The lowest BCUT2D eigenvalue weighted by Gasteiger charge is -2.12. The van der Waals surface area contributed by atoms with E-state index in [0.717, 1.165) is 30.1 Å². The molecule has 0 fully saturated rings. The summed E-state index contributed by atoms with van der Waals surface area (Å²) in [5, 5.41) is 0. The van der Waals surface area contributed by atoms with Crippen LogP contribution >= 0.6 is 11.8 Å². The van der Waals surface area contributed by atoms with Crippen LogP contribution in [0, 0.1) is 0 Å². The number of hydrogen-bond acceptors (Lipinski definition) is 4. The SMILES string of the molecule is C1=NC2=C3SCN=C3CCC2=N1. The summed E-state index contributed by atoms with van der Waals surface area (Å²) in [5.74, 6) is 0.872. The summed E-state index contributed by atoms with van der Waals surface area (Å²) in [6.45, 7) is 0. The van der Waals surface area contributed by atoms with E-state index >= 15 is 0 Å².